The van der Waals surface area contributed by atoms with Crippen molar-refractivity contribution in [3.63, 3.8) is 0 Å². The molecular formula is C8H10BrClO3S. The molecule has 0 radical (unpaired) electrons. The lowest BCUT2D eigenvalue weighted by Crippen LogP contribution is -2.02. The van der Waals surface area contributed by atoms with Gasteiger partial charge in [-0.1, -0.05) is 34.1 Å². The van der Waals surface area contributed by atoms with Gasteiger partial charge in [0.15, 0.2) is 0 Å². The molecule has 0 aliphatic carbocycles. The third-order valence-electron chi connectivity index (χ3n) is 1.63. The van der Waals surface area contributed by atoms with E-state index >= 15 is 0 Å². The maximum atomic E-state index is 10.9. The van der Waals surface area contributed by atoms with E-state index < -0.39 is 10.1 Å². The first kappa shape index (κ1) is 13.9. The molecule has 14 heavy (non-hydrogen) atoms. The molecule has 3 nitrogen and oxygen atoms in total. The molecule has 1 N–H and O–H groups in total. The Morgan fingerprint density at radius 2 is 1.86 bits per heavy atom. The molecule has 0 fully saturated rings. The van der Waals surface area contributed by atoms with Crippen LogP contribution in [0.4, 0.5) is 0 Å². The van der Waals surface area contributed by atoms with Crippen LogP contribution in [0.1, 0.15) is 17.3 Å². The second-order valence-electron chi connectivity index (χ2n) is 2.63. The average molecular weight is 302 g/mol. The Balaban J connectivity index is 0.00000169. The molecule has 0 aliphatic rings. The highest BCUT2D eigenvalue weighted by molar-refractivity contribution is 9.09. The topological polar surface area (TPSA) is 54.4 Å². The maximum Gasteiger partial charge on any atom is 0.294 e. The van der Waals surface area contributed by atoms with Crippen molar-refractivity contribution >= 4 is 38.5 Å². The first-order chi connectivity index (χ1) is 5.93. The Morgan fingerprint density at radius 1 is 1.36 bits per heavy atom. The Morgan fingerprint density at radius 3 is 2.21 bits per heavy atom. The van der Waals surface area contributed by atoms with Crippen molar-refractivity contribution in [1.82, 2.24) is 0 Å². The van der Waals surface area contributed by atoms with Gasteiger partial charge in [-0.25, -0.2) is 0 Å². The van der Waals surface area contributed by atoms with E-state index in [1.54, 1.807) is 25.1 Å². The van der Waals surface area contributed by atoms with Crippen molar-refractivity contribution in [3.8, 4) is 0 Å². The van der Waals surface area contributed by atoms with Gasteiger partial charge in [-0.2, -0.15) is 8.42 Å². The number of alkyl halides is 1. The van der Waals surface area contributed by atoms with Crippen LogP contribution in [0.2, 0.25) is 0 Å². The fourth-order valence-electron chi connectivity index (χ4n) is 1.04. The van der Waals surface area contributed by atoms with Gasteiger partial charge in [-0.3, -0.25) is 4.55 Å². The fraction of sp³-hybridized carbons (Fsp3) is 0.250. The molecule has 6 heteroatoms. The average Bonchev–Trinajstić information content (AvgIpc) is 2.03. The highest BCUT2D eigenvalue weighted by atomic mass is 79.9. The minimum Gasteiger partial charge on any atom is -0.282 e. The summed E-state index contributed by atoms with van der Waals surface area (Å²) >= 11 is 3.25. The summed E-state index contributed by atoms with van der Waals surface area (Å²) in [4.78, 5) is -0.148. The quantitative estimate of drug-likeness (QED) is 0.675. The van der Waals surface area contributed by atoms with Crippen LogP contribution in [0, 0.1) is 0 Å². The standard InChI is InChI=1S/C8H9BrO3S.ClH/c1-6(9)7-4-2-3-5-8(7)13(10,11)12;/h2-6H,1H3,(H,10,11,12);1H. The van der Waals surface area contributed by atoms with Crippen LogP contribution in [-0.2, 0) is 10.1 Å². The molecule has 0 bridgehead atoms. The van der Waals surface area contributed by atoms with Crippen molar-refractivity contribution < 1.29 is 13.0 Å². The van der Waals surface area contributed by atoms with Crippen molar-refractivity contribution in [2.45, 2.75) is 16.6 Å². The Hall–Kier alpha value is -0.100. The number of hydrogen-bond donors (Lipinski definition) is 1. The van der Waals surface area contributed by atoms with E-state index in [4.69, 9.17) is 4.55 Å². The lowest BCUT2D eigenvalue weighted by atomic mass is 10.2. The molecule has 0 aliphatic heterocycles. The number of rotatable bonds is 2. The summed E-state index contributed by atoms with van der Waals surface area (Å²) in [6.45, 7) is 1.80. The van der Waals surface area contributed by atoms with E-state index in [-0.39, 0.29) is 22.1 Å². The number of halogens is 2. The van der Waals surface area contributed by atoms with Gasteiger partial charge >= 0.3 is 0 Å². The Labute approximate surface area is 97.8 Å². The summed E-state index contributed by atoms with van der Waals surface area (Å²) in [5.41, 5.74) is 0.560. The zero-order valence-corrected chi connectivity index (χ0v) is 10.6. The van der Waals surface area contributed by atoms with Crippen LogP contribution < -0.4 is 0 Å². The molecule has 0 aromatic heterocycles. The summed E-state index contributed by atoms with van der Waals surface area (Å²) in [7, 11) is -4.11. The van der Waals surface area contributed by atoms with Crippen molar-refractivity contribution in [1.29, 1.82) is 0 Å². The van der Waals surface area contributed by atoms with Crippen LogP contribution >= 0.6 is 28.3 Å². The van der Waals surface area contributed by atoms with Gasteiger partial charge in [0.1, 0.15) is 0 Å². The molecule has 0 saturated carbocycles. The van der Waals surface area contributed by atoms with Crippen LogP contribution in [-0.4, -0.2) is 13.0 Å². The van der Waals surface area contributed by atoms with Crippen molar-refractivity contribution in [3.05, 3.63) is 29.8 Å². The zero-order valence-electron chi connectivity index (χ0n) is 7.34. The van der Waals surface area contributed by atoms with Gasteiger partial charge in [0.25, 0.3) is 10.1 Å². The Kier molecular flexibility index (Phi) is 5.08. The highest BCUT2D eigenvalue weighted by Gasteiger charge is 2.16. The normalized spacial score (nSPS) is 13.1. The third-order valence-corrected chi connectivity index (χ3v) is 3.05. The second kappa shape index (κ2) is 5.11. The van der Waals surface area contributed by atoms with E-state index in [1.807, 2.05) is 0 Å². The lowest BCUT2D eigenvalue weighted by molar-refractivity contribution is 0.482. The second-order valence-corrected chi connectivity index (χ2v) is 5.39. The zero-order chi connectivity index (χ0) is 10.1. The van der Waals surface area contributed by atoms with E-state index in [0.717, 1.165) is 0 Å². The molecule has 0 heterocycles. The number of hydrogen-bond acceptors (Lipinski definition) is 2. The van der Waals surface area contributed by atoms with Gasteiger partial charge in [-0.15, -0.1) is 12.4 Å². The van der Waals surface area contributed by atoms with E-state index in [1.165, 1.54) is 6.07 Å². The SMILES string of the molecule is CC(Br)c1ccccc1S(=O)(=O)O.Cl. The first-order valence-corrected chi connectivity index (χ1v) is 5.99. The summed E-state index contributed by atoms with van der Waals surface area (Å²) in [5.74, 6) is 0. The van der Waals surface area contributed by atoms with E-state index in [2.05, 4.69) is 15.9 Å². The molecule has 1 aromatic carbocycles. The largest absolute Gasteiger partial charge is 0.294 e. The minimum absolute atomic E-state index is 0. The lowest BCUT2D eigenvalue weighted by Gasteiger charge is -2.07. The van der Waals surface area contributed by atoms with Gasteiger partial charge in [0, 0.05) is 4.83 Å². The minimum atomic E-state index is -4.11. The monoisotopic (exact) mass is 300 g/mol. The summed E-state index contributed by atoms with van der Waals surface area (Å²) in [6.07, 6.45) is 0. The molecule has 1 rings (SSSR count). The fourth-order valence-corrected chi connectivity index (χ4v) is 2.39. The predicted molar refractivity (Wildman–Crippen MR) is 60.8 cm³/mol. The molecule has 0 saturated heterocycles. The van der Waals surface area contributed by atoms with Gasteiger partial charge in [0.2, 0.25) is 0 Å². The van der Waals surface area contributed by atoms with Crippen LogP contribution in [0.15, 0.2) is 29.2 Å². The highest BCUT2D eigenvalue weighted by Crippen LogP contribution is 2.27. The van der Waals surface area contributed by atoms with Crippen molar-refractivity contribution in [2.75, 3.05) is 0 Å². The molecule has 1 unspecified atom stereocenters. The van der Waals surface area contributed by atoms with E-state index in [9.17, 15) is 8.42 Å². The molecule has 0 amide bonds. The summed E-state index contributed by atoms with van der Waals surface area (Å²) in [5, 5.41) is 0. The van der Waals surface area contributed by atoms with Crippen LogP contribution in [0.5, 0.6) is 0 Å². The van der Waals surface area contributed by atoms with Gasteiger partial charge < -0.3 is 0 Å². The first-order valence-electron chi connectivity index (χ1n) is 3.63. The smallest absolute Gasteiger partial charge is 0.282 e. The predicted octanol–water partition coefficient (Wildman–Crippen LogP) is 2.81. The molecular weight excluding hydrogens is 292 g/mol. The third kappa shape index (κ3) is 3.24. The van der Waals surface area contributed by atoms with Gasteiger partial charge in [-0.05, 0) is 18.6 Å². The summed E-state index contributed by atoms with van der Waals surface area (Å²) in [6, 6.07) is 6.33. The maximum absolute atomic E-state index is 10.9. The van der Waals surface area contributed by atoms with Gasteiger partial charge in [0.05, 0.1) is 4.90 Å². The Bertz CT molecular complexity index is 403. The van der Waals surface area contributed by atoms with Crippen LogP contribution in [0.25, 0.3) is 0 Å². The van der Waals surface area contributed by atoms with Crippen molar-refractivity contribution in [2.24, 2.45) is 0 Å². The molecule has 80 valence electrons. The number of benzene rings is 1. The molecule has 0 spiro atoms. The molecule has 1 atom stereocenters. The van der Waals surface area contributed by atoms with E-state index in [0.29, 0.717) is 5.56 Å². The van der Waals surface area contributed by atoms with Crippen LogP contribution in [0.3, 0.4) is 0 Å². The molecule has 1 aromatic rings. The summed E-state index contributed by atoms with van der Waals surface area (Å²) < 4.78 is 30.7.